The van der Waals surface area contributed by atoms with Gasteiger partial charge in [0.05, 0.1) is 0 Å². The molecule has 0 bridgehead atoms. The highest BCUT2D eigenvalue weighted by Gasteiger charge is 2.30. The van der Waals surface area contributed by atoms with E-state index in [9.17, 15) is 9.59 Å². The van der Waals surface area contributed by atoms with Gasteiger partial charge in [0, 0.05) is 28.2 Å². The summed E-state index contributed by atoms with van der Waals surface area (Å²) in [6.45, 7) is 9.66. The van der Waals surface area contributed by atoms with Gasteiger partial charge in [0.15, 0.2) is 6.61 Å². The van der Waals surface area contributed by atoms with E-state index < -0.39 is 6.04 Å². The van der Waals surface area contributed by atoms with E-state index in [2.05, 4.69) is 5.32 Å². The van der Waals surface area contributed by atoms with Crippen LogP contribution in [0.2, 0.25) is 10.0 Å². The second kappa shape index (κ2) is 12.1. The summed E-state index contributed by atoms with van der Waals surface area (Å²) in [5, 5.41) is 3.88. The minimum absolute atomic E-state index is 0.00333. The van der Waals surface area contributed by atoms with Gasteiger partial charge in [0.25, 0.3) is 5.91 Å². The lowest BCUT2D eigenvalue weighted by Gasteiger charge is -2.32. The average molecular weight is 479 g/mol. The number of hydrogen-bond acceptors (Lipinski definition) is 3. The van der Waals surface area contributed by atoms with Crippen molar-refractivity contribution in [3.8, 4) is 5.75 Å². The number of amides is 2. The molecule has 1 N–H and O–H groups in total. The van der Waals surface area contributed by atoms with Gasteiger partial charge in [0.2, 0.25) is 5.91 Å². The summed E-state index contributed by atoms with van der Waals surface area (Å²) in [6, 6.07) is 10.2. The van der Waals surface area contributed by atoms with Crippen molar-refractivity contribution in [2.45, 2.75) is 66.1 Å². The fourth-order valence-corrected chi connectivity index (χ4v) is 3.83. The molecule has 174 valence electrons. The van der Waals surface area contributed by atoms with Gasteiger partial charge >= 0.3 is 0 Å². The van der Waals surface area contributed by atoms with Gasteiger partial charge in [0.1, 0.15) is 11.8 Å². The van der Waals surface area contributed by atoms with Crippen molar-refractivity contribution in [1.82, 2.24) is 10.2 Å². The Kier molecular flexibility index (Phi) is 9.85. The van der Waals surface area contributed by atoms with E-state index in [0.29, 0.717) is 27.8 Å². The van der Waals surface area contributed by atoms with Crippen LogP contribution in [-0.4, -0.2) is 35.4 Å². The third-order valence-electron chi connectivity index (χ3n) is 5.68. The minimum Gasteiger partial charge on any atom is -0.483 e. The second-order valence-electron chi connectivity index (χ2n) is 7.95. The van der Waals surface area contributed by atoms with E-state index in [1.54, 1.807) is 18.2 Å². The van der Waals surface area contributed by atoms with Crippen molar-refractivity contribution < 1.29 is 14.3 Å². The first-order valence-corrected chi connectivity index (χ1v) is 11.7. The molecule has 2 rings (SSSR count). The highest BCUT2D eigenvalue weighted by Crippen LogP contribution is 2.27. The van der Waals surface area contributed by atoms with Gasteiger partial charge in [-0.25, -0.2) is 0 Å². The molecule has 0 radical (unpaired) electrons. The first-order valence-electron chi connectivity index (χ1n) is 10.9. The quantitative estimate of drug-likeness (QED) is 0.475. The van der Waals surface area contributed by atoms with Crippen LogP contribution in [0.3, 0.4) is 0 Å². The first kappa shape index (κ1) is 26.0. The van der Waals surface area contributed by atoms with Crippen LogP contribution in [-0.2, 0) is 16.1 Å². The van der Waals surface area contributed by atoms with Crippen LogP contribution in [0.1, 0.15) is 50.3 Å². The van der Waals surface area contributed by atoms with Gasteiger partial charge in [-0.1, -0.05) is 55.2 Å². The molecule has 2 aromatic carbocycles. The summed E-state index contributed by atoms with van der Waals surface area (Å²) in [5.74, 6) is 0.129. The van der Waals surface area contributed by atoms with Gasteiger partial charge in [-0.15, -0.1) is 0 Å². The fourth-order valence-electron chi connectivity index (χ4n) is 3.32. The fraction of sp³-hybridized carbons (Fsp3) is 0.440. The maximum absolute atomic E-state index is 13.3. The number of halogens is 2. The lowest BCUT2D eigenvalue weighted by Crippen LogP contribution is -2.51. The number of aryl methyl sites for hydroxylation is 1. The second-order valence-corrected chi connectivity index (χ2v) is 8.76. The molecular weight excluding hydrogens is 447 g/mol. The van der Waals surface area contributed by atoms with E-state index in [1.807, 2.05) is 52.8 Å². The summed E-state index contributed by atoms with van der Waals surface area (Å²) < 4.78 is 5.85. The number of carbonyl (C=O) groups is 2. The zero-order valence-corrected chi connectivity index (χ0v) is 20.9. The monoisotopic (exact) mass is 478 g/mol. The van der Waals surface area contributed by atoms with E-state index in [4.69, 9.17) is 27.9 Å². The molecule has 0 aromatic heterocycles. The summed E-state index contributed by atoms with van der Waals surface area (Å²) in [6.07, 6.45) is 1.24. The van der Waals surface area contributed by atoms with Crippen molar-refractivity contribution in [3.05, 3.63) is 63.1 Å². The number of nitrogens with zero attached hydrogens (tertiary/aromatic N) is 1. The van der Waals surface area contributed by atoms with Gasteiger partial charge in [-0.05, 0) is 62.9 Å². The minimum atomic E-state index is -0.675. The van der Waals surface area contributed by atoms with Crippen LogP contribution in [0.15, 0.2) is 36.4 Å². The Morgan fingerprint density at radius 2 is 1.66 bits per heavy atom. The van der Waals surface area contributed by atoms with E-state index in [-0.39, 0.29) is 31.0 Å². The summed E-state index contributed by atoms with van der Waals surface area (Å²) >= 11 is 12.7. The molecule has 5 nitrogen and oxygen atoms in total. The number of benzene rings is 2. The van der Waals surface area contributed by atoms with Gasteiger partial charge in [-0.3, -0.25) is 9.59 Å². The van der Waals surface area contributed by atoms with E-state index in [0.717, 1.165) is 17.5 Å². The third-order valence-corrected chi connectivity index (χ3v) is 6.39. The molecule has 2 atom stereocenters. The standard InChI is InChI=1S/C25H32Cl2N2O3/c1-6-17(4)28-25(31)22(7-2)29(14-19-20(26)11-9-12-21(19)27)24(30)15-32-23-13-8-10-16(3)18(23)5/h8-13,17,22H,6-7,14-15H2,1-5H3,(H,28,31)/t17-,22+/m1/s1. The van der Waals surface area contributed by atoms with Gasteiger partial charge < -0.3 is 15.0 Å². The Morgan fingerprint density at radius 3 is 2.25 bits per heavy atom. The molecule has 0 unspecified atom stereocenters. The molecule has 0 fully saturated rings. The highest BCUT2D eigenvalue weighted by atomic mass is 35.5. The molecule has 0 saturated heterocycles. The average Bonchev–Trinajstić information content (AvgIpc) is 2.76. The molecule has 0 aliphatic rings. The van der Waals surface area contributed by atoms with Crippen LogP contribution in [0.5, 0.6) is 5.75 Å². The van der Waals surface area contributed by atoms with Crippen molar-refractivity contribution in [3.63, 3.8) is 0 Å². The van der Waals surface area contributed by atoms with Crippen LogP contribution in [0.25, 0.3) is 0 Å². The molecular formula is C25H32Cl2N2O3. The number of carbonyl (C=O) groups excluding carboxylic acids is 2. The molecule has 0 spiro atoms. The first-order chi connectivity index (χ1) is 15.2. The van der Waals surface area contributed by atoms with Crippen molar-refractivity contribution in [2.24, 2.45) is 0 Å². The van der Waals surface area contributed by atoms with Crippen molar-refractivity contribution in [1.29, 1.82) is 0 Å². The smallest absolute Gasteiger partial charge is 0.261 e. The highest BCUT2D eigenvalue weighted by molar-refractivity contribution is 6.36. The van der Waals surface area contributed by atoms with Crippen molar-refractivity contribution in [2.75, 3.05) is 6.61 Å². The Bertz CT molecular complexity index is 929. The SMILES string of the molecule is CC[C@@H](C)NC(=O)[C@H](CC)N(Cc1c(Cl)cccc1Cl)C(=O)COc1cccc(C)c1C. The van der Waals surface area contributed by atoms with Crippen LogP contribution in [0, 0.1) is 13.8 Å². The number of rotatable bonds is 10. The predicted molar refractivity (Wildman–Crippen MR) is 130 cm³/mol. The maximum atomic E-state index is 13.3. The Labute approximate surface area is 201 Å². The summed E-state index contributed by atoms with van der Waals surface area (Å²) in [5.41, 5.74) is 2.65. The predicted octanol–water partition coefficient (Wildman–Crippen LogP) is 5.71. The molecule has 0 aliphatic heterocycles. The molecule has 32 heavy (non-hydrogen) atoms. The lowest BCUT2D eigenvalue weighted by molar-refractivity contribution is -0.143. The van der Waals surface area contributed by atoms with Gasteiger partial charge in [-0.2, -0.15) is 0 Å². The summed E-state index contributed by atoms with van der Waals surface area (Å²) in [7, 11) is 0. The van der Waals surface area contributed by atoms with Crippen molar-refractivity contribution >= 4 is 35.0 Å². The van der Waals surface area contributed by atoms with E-state index in [1.165, 1.54) is 4.90 Å². The summed E-state index contributed by atoms with van der Waals surface area (Å²) in [4.78, 5) is 27.9. The molecule has 2 amide bonds. The van der Waals surface area contributed by atoms with Crippen LogP contribution >= 0.6 is 23.2 Å². The zero-order chi connectivity index (χ0) is 23.8. The lowest BCUT2D eigenvalue weighted by atomic mass is 10.1. The Morgan fingerprint density at radius 1 is 1.03 bits per heavy atom. The Balaban J connectivity index is 2.32. The van der Waals surface area contributed by atoms with E-state index >= 15 is 0 Å². The molecule has 0 saturated carbocycles. The van der Waals surface area contributed by atoms with Crippen LogP contribution < -0.4 is 10.1 Å². The van der Waals surface area contributed by atoms with Crippen LogP contribution in [0.4, 0.5) is 0 Å². The number of hydrogen-bond donors (Lipinski definition) is 1. The number of ether oxygens (including phenoxy) is 1. The largest absolute Gasteiger partial charge is 0.483 e. The Hall–Kier alpha value is -2.24. The topological polar surface area (TPSA) is 58.6 Å². The molecule has 7 heteroatoms. The third kappa shape index (κ3) is 6.63. The molecule has 0 aliphatic carbocycles. The normalized spacial score (nSPS) is 12.7. The maximum Gasteiger partial charge on any atom is 0.261 e. The molecule has 2 aromatic rings. The zero-order valence-electron chi connectivity index (χ0n) is 19.4. The molecule has 0 heterocycles. The number of nitrogens with one attached hydrogen (secondary N) is 1.